The Morgan fingerprint density at radius 2 is 1.40 bits per heavy atom. The number of rotatable bonds is 8. The van der Waals surface area contributed by atoms with E-state index in [2.05, 4.69) is 44.4 Å². The molecule has 0 unspecified atom stereocenters. The van der Waals surface area contributed by atoms with Crippen LogP contribution in [0.4, 0.5) is 0 Å². The molecule has 0 bridgehead atoms. The van der Waals surface area contributed by atoms with E-state index < -0.39 is 0 Å². The van der Waals surface area contributed by atoms with Crippen molar-refractivity contribution in [2.24, 2.45) is 5.73 Å². The number of thiocarbonyl (C=S) groups is 1. The topological polar surface area (TPSA) is 26.0 Å². The Hall–Kier alpha value is 0.928. The van der Waals surface area contributed by atoms with E-state index >= 15 is 0 Å². The zero-order valence-corrected chi connectivity index (χ0v) is 14.2. The minimum atomic E-state index is 0.0833. The summed E-state index contributed by atoms with van der Waals surface area (Å²) < 4.78 is 3.32. The molecule has 0 aliphatic carbocycles. The molecule has 15 heavy (non-hydrogen) atoms. The van der Waals surface area contributed by atoms with Crippen molar-refractivity contribution in [3.63, 3.8) is 0 Å². The third kappa shape index (κ3) is 31.3. The number of nitrogens with two attached hydrogens (primary N) is 1. The van der Waals surface area contributed by atoms with Gasteiger partial charge in [-0.2, -0.15) is 0 Å². The van der Waals surface area contributed by atoms with Crippen LogP contribution in [0.1, 0.15) is 52.4 Å². The van der Waals surface area contributed by atoms with Gasteiger partial charge in [0.15, 0.2) is 0 Å². The second-order valence-corrected chi connectivity index (χ2v) is 8.37. The van der Waals surface area contributed by atoms with E-state index in [1.165, 1.54) is 38.5 Å². The van der Waals surface area contributed by atoms with Gasteiger partial charge < -0.3 is 30.6 Å². The first-order valence-corrected chi connectivity index (χ1v) is 10.2. The van der Waals surface area contributed by atoms with Crippen molar-refractivity contribution in [3.8, 4) is 0 Å². The third-order valence-corrected chi connectivity index (χ3v) is 5.45. The first-order valence-electron chi connectivity index (χ1n) is 5.74. The Morgan fingerprint density at radius 1 is 1.07 bits per heavy atom. The average molecular weight is 356 g/mol. The zero-order valence-electron chi connectivity index (χ0n) is 10.00. The maximum absolute atomic E-state index is 4.66. The van der Waals surface area contributed by atoms with Crippen LogP contribution in [0.25, 0.3) is 0 Å². The number of unbranched alkanes of at least 4 members (excludes halogenated alkanes) is 4. The molecule has 4 heteroatoms. The van der Waals surface area contributed by atoms with Gasteiger partial charge in [-0.1, -0.05) is 4.32 Å². The minimum Gasteiger partial charge on any atom is -0.415 e. The summed E-state index contributed by atoms with van der Waals surface area (Å²) in [7, 11) is 0. The van der Waals surface area contributed by atoms with Crippen LogP contribution in [-0.2, 0) is 12.6 Å². The van der Waals surface area contributed by atoms with Crippen molar-refractivity contribution in [2.45, 2.75) is 61.1 Å². The van der Waals surface area contributed by atoms with Gasteiger partial charge in [0.25, 0.3) is 0 Å². The molecule has 0 rings (SSSR count). The van der Waals surface area contributed by atoms with Crippen LogP contribution in [0.15, 0.2) is 0 Å². The summed E-state index contributed by atoms with van der Waals surface area (Å²) in [4.78, 5) is 0. The van der Waals surface area contributed by atoms with E-state index in [4.69, 9.17) is 0 Å². The second kappa shape index (κ2) is 17.3. The molecule has 2 N–H and O–H groups in total. The van der Waals surface area contributed by atoms with E-state index in [1.807, 2.05) is 0 Å². The van der Waals surface area contributed by atoms with Gasteiger partial charge in [-0.05, 0) is 0 Å². The van der Waals surface area contributed by atoms with Gasteiger partial charge in [0.1, 0.15) is 0 Å². The summed E-state index contributed by atoms with van der Waals surface area (Å²) in [6, 6.07) is 0. The normalized spacial score (nSPS) is 9.20. The van der Waals surface area contributed by atoms with Gasteiger partial charge >= 0.3 is 82.7 Å². The van der Waals surface area contributed by atoms with Crippen molar-refractivity contribution >= 4 is 50.8 Å². The summed E-state index contributed by atoms with van der Waals surface area (Å²) in [6.07, 6.45) is 8.79. The van der Waals surface area contributed by atoms with Crippen LogP contribution in [0.5, 0.6) is 0 Å². The van der Waals surface area contributed by atoms with Gasteiger partial charge in [0, 0.05) is 0 Å². The average Bonchev–Trinajstić information content (AvgIpc) is 2.16. The van der Waals surface area contributed by atoms with Crippen molar-refractivity contribution in [3.05, 3.63) is 0 Å². The summed E-state index contributed by atoms with van der Waals surface area (Å²) in [5.41, 5.74) is 4.66. The molecule has 1 nitrogen and oxygen atoms in total. The third-order valence-electron chi connectivity index (χ3n) is 1.84. The Bertz CT molecular complexity index is 120. The molecule has 0 aromatic heterocycles. The SMILES string of the molecule is CCCC[CH2][Sb+][CH2]CCCC.NC(=S)[S-]. The molecule has 0 saturated carbocycles. The van der Waals surface area contributed by atoms with E-state index in [-0.39, 0.29) is 25.9 Å². The predicted octanol–water partition coefficient (Wildman–Crippen LogP) is 3.68. The van der Waals surface area contributed by atoms with Gasteiger partial charge in [-0.15, -0.1) is 0 Å². The molecule has 90 valence electrons. The van der Waals surface area contributed by atoms with Crippen molar-refractivity contribution in [1.29, 1.82) is 0 Å². The Kier molecular flexibility index (Phi) is 21.1. The molecule has 0 saturated heterocycles. The Morgan fingerprint density at radius 3 is 1.67 bits per heavy atom. The van der Waals surface area contributed by atoms with Crippen molar-refractivity contribution in [1.82, 2.24) is 0 Å². The first-order chi connectivity index (χ1) is 7.15. The van der Waals surface area contributed by atoms with Crippen LogP contribution in [0, 0.1) is 0 Å². The maximum atomic E-state index is 4.66. The fraction of sp³-hybridized carbons (Fsp3) is 0.909. The molecule has 0 aromatic carbocycles. The molecule has 0 aromatic rings. The van der Waals surface area contributed by atoms with Crippen LogP contribution in [0.2, 0.25) is 8.73 Å². The quantitative estimate of drug-likeness (QED) is 0.311. The molecule has 0 spiro atoms. The van der Waals surface area contributed by atoms with Crippen LogP contribution < -0.4 is 5.73 Å². The summed E-state index contributed by atoms with van der Waals surface area (Å²) in [6.45, 7) is 4.58. The molecule has 0 amide bonds. The minimum absolute atomic E-state index is 0.0833. The monoisotopic (exact) mass is 355 g/mol. The molecule has 0 heterocycles. The van der Waals surface area contributed by atoms with Crippen LogP contribution >= 0.6 is 12.2 Å². The summed E-state index contributed by atoms with van der Waals surface area (Å²) in [5, 5.41) is 0. The molecule has 0 fully saturated rings. The van der Waals surface area contributed by atoms with E-state index in [0.29, 0.717) is 0 Å². The van der Waals surface area contributed by atoms with Crippen molar-refractivity contribution in [2.75, 3.05) is 0 Å². The van der Waals surface area contributed by atoms with Crippen molar-refractivity contribution < 1.29 is 0 Å². The van der Waals surface area contributed by atoms with E-state index in [9.17, 15) is 0 Å². The largest absolute Gasteiger partial charge is 0.415 e. The van der Waals surface area contributed by atoms with Gasteiger partial charge in [0.05, 0.1) is 0 Å². The summed E-state index contributed by atoms with van der Waals surface area (Å²) >= 11 is 8.54. The second-order valence-electron chi connectivity index (χ2n) is 3.40. The predicted molar refractivity (Wildman–Crippen MR) is 78.6 cm³/mol. The molecular weight excluding hydrogens is 332 g/mol. The molecule has 0 aliphatic rings. The maximum Gasteiger partial charge on any atom is -0.0708 e. The number of hydrogen-bond acceptors (Lipinski definition) is 2. The Labute approximate surface area is 117 Å². The van der Waals surface area contributed by atoms with E-state index in [1.54, 1.807) is 8.73 Å². The van der Waals surface area contributed by atoms with Gasteiger partial charge in [0.2, 0.25) is 0 Å². The molecule has 0 atom stereocenters. The smallest absolute Gasteiger partial charge is 0.0708 e. The van der Waals surface area contributed by atoms with E-state index in [0.717, 1.165) is 0 Å². The zero-order chi connectivity index (χ0) is 11.9. The Balaban J connectivity index is 0. The fourth-order valence-electron chi connectivity index (χ4n) is 1.06. The van der Waals surface area contributed by atoms with Gasteiger partial charge in [-0.25, -0.2) is 0 Å². The van der Waals surface area contributed by atoms with Crippen LogP contribution in [0.3, 0.4) is 0 Å². The first kappa shape index (κ1) is 18.3. The number of hydrogen-bond donors (Lipinski definition) is 1. The standard InChI is InChI=1S/2C5H11.CH3NS2.Sb/c2*1-3-5-4-2;2-1(3)4;/h2*1,3-5H2,2H3;(H3,2,3,4);/q;;;+1/p-1. The molecule has 0 aliphatic heterocycles. The molecular formula is C11H24NS2Sb. The van der Waals surface area contributed by atoms with Crippen LogP contribution in [-0.4, -0.2) is 25.9 Å². The fourth-order valence-corrected chi connectivity index (χ4v) is 4.25. The summed E-state index contributed by atoms with van der Waals surface area (Å²) in [5.74, 6) is 0. The molecule has 2 radical (unpaired) electrons. The van der Waals surface area contributed by atoms with Gasteiger partial charge in [-0.3, -0.25) is 0 Å².